The Hall–Kier alpha value is -2.43. The summed E-state index contributed by atoms with van der Waals surface area (Å²) < 4.78 is 4.90. The Morgan fingerprint density at radius 3 is 2.27 bits per heavy atom. The molecule has 4 heteroatoms. The summed E-state index contributed by atoms with van der Waals surface area (Å²) in [6, 6.07) is 17.3. The number of rotatable bonds is 3. The maximum absolute atomic E-state index is 12.2. The molecule has 0 heterocycles. The van der Waals surface area contributed by atoms with Crippen LogP contribution in [0.1, 0.15) is 28.7 Å². The number of fused-ring (bicyclic) bond motifs is 1. The highest BCUT2D eigenvalue weighted by atomic mass is 17.1. The summed E-state index contributed by atoms with van der Waals surface area (Å²) in [6.07, 6.45) is 0.941. The van der Waals surface area contributed by atoms with Crippen molar-refractivity contribution in [3.8, 4) is 0 Å². The Bertz CT molecular complexity index is 706. The minimum atomic E-state index is -0.676. The van der Waals surface area contributed by atoms with Gasteiger partial charge in [-0.1, -0.05) is 54.6 Å². The fourth-order valence-electron chi connectivity index (χ4n) is 2.95. The molecule has 0 aromatic heterocycles. The summed E-state index contributed by atoms with van der Waals surface area (Å²) in [7, 11) is 1.35. The van der Waals surface area contributed by atoms with Crippen LogP contribution in [0.4, 0.5) is 0 Å². The number of esters is 1. The lowest BCUT2D eigenvalue weighted by molar-refractivity contribution is -0.269. The van der Waals surface area contributed by atoms with Gasteiger partial charge in [0.05, 0.1) is 7.11 Å². The Balaban J connectivity index is 2.20. The summed E-state index contributed by atoms with van der Waals surface area (Å²) in [5.74, 6) is -0.665. The van der Waals surface area contributed by atoms with Gasteiger partial charge >= 0.3 is 5.97 Å². The number of methoxy groups -OCH3 is 1. The van der Waals surface area contributed by atoms with Crippen LogP contribution in [-0.2, 0) is 14.4 Å². The number of ether oxygens (including phenoxy) is 1. The van der Waals surface area contributed by atoms with E-state index in [0.717, 1.165) is 16.7 Å². The molecule has 0 spiro atoms. The van der Waals surface area contributed by atoms with Gasteiger partial charge in [0.1, 0.15) is 6.10 Å². The van der Waals surface area contributed by atoms with Gasteiger partial charge in [0.25, 0.3) is 0 Å². The van der Waals surface area contributed by atoms with E-state index in [-0.39, 0.29) is 5.92 Å². The van der Waals surface area contributed by atoms with Gasteiger partial charge in [-0.2, -0.15) is 0 Å². The van der Waals surface area contributed by atoms with E-state index in [1.54, 1.807) is 6.08 Å². The van der Waals surface area contributed by atoms with Crippen molar-refractivity contribution in [2.45, 2.75) is 12.0 Å². The monoisotopic (exact) mass is 296 g/mol. The third kappa shape index (κ3) is 2.43. The van der Waals surface area contributed by atoms with Crippen molar-refractivity contribution in [1.29, 1.82) is 0 Å². The molecule has 0 radical (unpaired) electrons. The molecule has 112 valence electrons. The summed E-state index contributed by atoms with van der Waals surface area (Å²) in [5, 5.41) is 9.17. The fourth-order valence-corrected chi connectivity index (χ4v) is 2.95. The summed E-state index contributed by atoms with van der Waals surface area (Å²) in [6.45, 7) is 0. The van der Waals surface area contributed by atoms with Gasteiger partial charge in [-0.15, -0.1) is 0 Å². The Morgan fingerprint density at radius 2 is 1.64 bits per heavy atom. The van der Waals surface area contributed by atoms with Gasteiger partial charge in [0.15, 0.2) is 0 Å². The Kier molecular flexibility index (Phi) is 4.04. The van der Waals surface area contributed by atoms with Crippen molar-refractivity contribution < 1.29 is 19.7 Å². The predicted octanol–water partition coefficient (Wildman–Crippen LogP) is 3.46. The molecule has 2 atom stereocenters. The molecular formula is C18H16O4. The first-order chi connectivity index (χ1) is 10.8. The predicted molar refractivity (Wildman–Crippen MR) is 81.3 cm³/mol. The van der Waals surface area contributed by atoms with Gasteiger partial charge < -0.3 is 4.74 Å². The van der Waals surface area contributed by atoms with E-state index >= 15 is 0 Å². The number of benzene rings is 2. The van der Waals surface area contributed by atoms with Crippen molar-refractivity contribution in [3.05, 3.63) is 82.9 Å². The quantitative estimate of drug-likeness (QED) is 0.535. The van der Waals surface area contributed by atoms with Crippen molar-refractivity contribution in [3.63, 3.8) is 0 Å². The van der Waals surface area contributed by atoms with E-state index in [1.165, 1.54) is 7.11 Å². The largest absolute Gasteiger partial charge is 0.466 e. The van der Waals surface area contributed by atoms with Crippen LogP contribution in [0.5, 0.6) is 0 Å². The van der Waals surface area contributed by atoms with Gasteiger partial charge in [0, 0.05) is 11.5 Å². The second kappa shape index (κ2) is 6.13. The third-order valence-electron chi connectivity index (χ3n) is 3.92. The van der Waals surface area contributed by atoms with Gasteiger partial charge in [-0.3, -0.25) is 5.26 Å². The summed E-state index contributed by atoms with van der Waals surface area (Å²) >= 11 is 0. The number of carbonyl (C=O) groups is 1. The van der Waals surface area contributed by atoms with Crippen LogP contribution in [0.15, 0.2) is 66.2 Å². The van der Waals surface area contributed by atoms with Crippen LogP contribution in [0.2, 0.25) is 0 Å². The molecule has 0 saturated carbocycles. The van der Waals surface area contributed by atoms with Crippen LogP contribution in [0, 0.1) is 0 Å². The maximum atomic E-state index is 12.2. The molecule has 4 nitrogen and oxygen atoms in total. The fraction of sp³-hybridized carbons (Fsp3) is 0.167. The molecule has 0 saturated heterocycles. The normalized spacial score (nSPS) is 20.0. The van der Waals surface area contributed by atoms with Crippen LogP contribution >= 0.6 is 0 Å². The van der Waals surface area contributed by atoms with Crippen LogP contribution in [0.3, 0.4) is 0 Å². The molecule has 22 heavy (non-hydrogen) atoms. The lowest BCUT2D eigenvalue weighted by atomic mass is 9.77. The first-order valence-electron chi connectivity index (χ1n) is 7.00. The van der Waals surface area contributed by atoms with Crippen LogP contribution in [0.25, 0.3) is 0 Å². The zero-order chi connectivity index (χ0) is 15.5. The molecule has 0 unspecified atom stereocenters. The molecule has 2 aromatic carbocycles. The smallest absolute Gasteiger partial charge is 0.334 e. The summed E-state index contributed by atoms with van der Waals surface area (Å²) in [4.78, 5) is 16.7. The third-order valence-corrected chi connectivity index (χ3v) is 3.92. The molecular weight excluding hydrogens is 280 g/mol. The molecule has 3 rings (SSSR count). The van der Waals surface area contributed by atoms with E-state index in [1.807, 2.05) is 54.6 Å². The highest BCUT2D eigenvalue weighted by molar-refractivity contribution is 5.92. The summed E-state index contributed by atoms with van der Waals surface area (Å²) in [5.41, 5.74) is 3.22. The molecule has 0 aliphatic heterocycles. The topological polar surface area (TPSA) is 55.8 Å². The van der Waals surface area contributed by atoms with E-state index in [0.29, 0.717) is 5.57 Å². The van der Waals surface area contributed by atoms with E-state index in [2.05, 4.69) is 4.89 Å². The first kappa shape index (κ1) is 14.5. The Morgan fingerprint density at radius 1 is 1.00 bits per heavy atom. The van der Waals surface area contributed by atoms with Crippen LogP contribution < -0.4 is 0 Å². The second-order valence-electron chi connectivity index (χ2n) is 5.11. The average Bonchev–Trinajstić information content (AvgIpc) is 2.60. The number of carbonyl (C=O) groups excluding carboxylic acids is 1. The molecule has 1 aliphatic rings. The van der Waals surface area contributed by atoms with Crippen LogP contribution in [-0.4, -0.2) is 18.3 Å². The molecule has 1 N–H and O–H groups in total. The molecule has 2 aromatic rings. The Labute approximate surface area is 128 Å². The number of hydrogen-bond donors (Lipinski definition) is 1. The van der Waals surface area contributed by atoms with E-state index in [4.69, 9.17) is 4.74 Å². The van der Waals surface area contributed by atoms with Crippen molar-refractivity contribution >= 4 is 5.97 Å². The van der Waals surface area contributed by atoms with Crippen molar-refractivity contribution in [2.24, 2.45) is 0 Å². The number of hydrogen-bond acceptors (Lipinski definition) is 4. The van der Waals surface area contributed by atoms with Gasteiger partial charge in [0.2, 0.25) is 0 Å². The zero-order valence-corrected chi connectivity index (χ0v) is 12.1. The average molecular weight is 296 g/mol. The first-order valence-corrected chi connectivity index (χ1v) is 7.00. The minimum absolute atomic E-state index is 0.240. The minimum Gasteiger partial charge on any atom is -0.466 e. The van der Waals surface area contributed by atoms with Gasteiger partial charge in [-0.25, -0.2) is 9.68 Å². The lowest BCUT2D eigenvalue weighted by Crippen LogP contribution is -2.22. The van der Waals surface area contributed by atoms with Crippen molar-refractivity contribution in [1.82, 2.24) is 0 Å². The van der Waals surface area contributed by atoms with E-state index in [9.17, 15) is 10.1 Å². The molecule has 0 bridgehead atoms. The molecule has 0 amide bonds. The van der Waals surface area contributed by atoms with Crippen molar-refractivity contribution in [2.75, 3.05) is 7.11 Å². The standard InChI is InChI=1S/C18H16O4/c1-21-18(19)15-11-16(22-20)13-9-5-6-10-14(13)17(15)12-7-3-2-4-8-12/h2-11,16-17,20H,1H3/t16-,17-/m0/s1. The highest BCUT2D eigenvalue weighted by Crippen LogP contribution is 2.42. The maximum Gasteiger partial charge on any atom is 0.334 e. The molecule has 1 aliphatic carbocycles. The van der Waals surface area contributed by atoms with Gasteiger partial charge in [-0.05, 0) is 22.8 Å². The zero-order valence-electron chi connectivity index (χ0n) is 12.1. The SMILES string of the molecule is COC(=O)C1=C[C@H](OO)c2ccccc2[C@@H]1c1ccccc1. The molecule has 0 fully saturated rings. The highest BCUT2D eigenvalue weighted by Gasteiger charge is 2.34. The lowest BCUT2D eigenvalue weighted by Gasteiger charge is -2.29. The van der Waals surface area contributed by atoms with E-state index < -0.39 is 12.1 Å². The second-order valence-corrected chi connectivity index (χ2v) is 5.11.